The van der Waals surface area contributed by atoms with Crippen molar-refractivity contribution in [2.45, 2.75) is 19.1 Å². The summed E-state index contributed by atoms with van der Waals surface area (Å²) < 4.78 is 21.1. The zero-order valence-electron chi connectivity index (χ0n) is 19.3. The van der Waals surface area contributed by atoms with Gasteiger partial charge in [0.15, 0.2) is 11.6 Å². The Kier molecular flexibility index (Phi) is 7.95. The zero-order valence-corrected chi connectivity index (χ0v) is 19.3. The average molecular weight is 467 g/mol. The van der Waals surface area contributed by atoms with Gasteiger partial charge >= 0.3 is 0 Å². The fraction of sp³-hybridized carbons (Fsp3) is 0.346. The first-order valence-electron chi connectivity index (χ1n) is 11.5. The van der Waals surface area contributed by atoms with E-state index < -0.39 is 11.9 Å². The predicted octanol–water partition coefficient (Wildman–Crippen LogP) is 3.00. The molecule has 0 bridgehead atoms. The van der Waals surface area contributed by atoms with Crippen molar-refractivity contribution in [3.63, 3.8) is 0 Å². The Morgan fingerprint density at radius 1 is 1.12 bits per heavy atom. The van der Waals surface area contributed by atoms with Gasteiger partial charge in [0.2, 0.25) is 5.91 Å². The second-order valence-electron chi connectivity index (χ2n) is 8.63. The second kappa shape index (κ2) is 11.3. The highest BCUT2D eigenvalue weighted by Crippen LogP contribution is 2.20. The normalized spacial score (nSPS) is 17.9. The molecule has 0 radical (unpaired) electrons. The van der Waals surface area contributed by atoms with Crippen LogP contribution >= 0.6 is 0 Å². The number of aliphatic hydroxyl groups excluding tert-OH is 1. The molecule has 2 unspecified atom stereocenters. The van der Waals surface area contributed by atoms with Gasteiger partial charge in [-0.2, -0.15) is 0 Å². The first kappa shape index (κ1) is 23.9. The molecule has 3 aromatic rings. The summed E-state index contributed by atoms with van der Waals surface area (Å²) in [6.07, 6.45) is 3.16. The fourth-order valence-electron chi connectivity index (χ4n) is 4.25. The minimum atomic E-state index is -0.734. The first-order valence-corrected chi connectivity index (χ1v) is 11.5. The van der Waals surface area contributed by atoms with Crippen LogP contribution in [0.4, 0.5) is 10.1 Å². The highest BCUT2D eigenvalue weighted by molar-refractivity contribution is 5.94. The molecule has 2 heterocycles. The summed E-state index contributed by atoms with van der Waals surface area (Å²) in [4.78, 5) is 17.0. The summed E-state index contributed by atoms with van der Waals surface area (Å²) in [5, 5.41) is 13.4. The van der Waals surface area contributed by atoms with Gasteiger partial charge in [-0.15, -0.1) is 0 Å². The largest absolute Gasteiger partial charge is 0.488 e. The van der Waals surface area contributed by atoms with Crippen LogP contribution in [-0.2, 0) is 4.79 Å². The number of ether oxygens (including phenoxy) is 1. The maximum atomic E-state index is 13.7. The van der Waals surface area contributed by atoms with E-state index in [1.807, 2.05) is 53.4 Å². The summed E-state index contributed by atoms with van der Waals surface area (Å²) in [5.74, 6) is -0.353. The molecule has 1 saturated heterocycles. The lowest BCUT2D eigenvalue weighted by molar-refractivity contribution is -0.118. The van der Waals surface area contributed by atoms with E-state index in [9.17, 15) is 14.3 Å². The summed E-state index contributed by atoms with van der Waals surface area (Å²) in [6, 6.07) is 18.0. The topological polar surface area (TPSA) is 70.0 Å². The van der Waals surface area contributed by atoms with Gasteiger partial charge in [0, 0.05) is 44.6 Å². The molecule has 1 aromatic heterocycles. The van der Waals surface area contributed by atoms with Crippen LogP contribution in [0.15, 0.2) is 73.1 Å². The minimum absolute atomic E-state index is 0.0249. The van der Waals surface area contributed by atoms with Crippen LogP contribution < -0.4 is 10.1 Å². The summed E-state index contributed by atoms with van der Waals surface area (Å²) >= 11 is 0. The molecule has 1 fully saturated rings. The van der Waals surface area contributed by atoms with Crippen molar-refractivity contribution in [1.82, 2.24) is 14.4 Å². The number of nitrogens with zero attached hydrogens (tertiary/aromatic N) is 3. The SMILES string of the molecule is CC1CN(CC(=O)Nc2ccccc2-n2cccc2)CCN1CC(O)COc1ccccc1F. The van der Waals surface area contributed by atoms with Gasteiger partial charge in [-0.1, -0.05) is 24.3 Å². The van der Waals surface area contributed by atoms with E-state index in [1.165, 1.54) is 6.07 Å². The van der Waals surface area contributed by atoms with Crippen LogP contribution in [0.25, 0.3) is 5.69 Å². The Bertz CT molecular complexity index is 1080. The number of para-hydroxylation sites is 3. The molecule has 180 valence electrons. The number of aliphatic hydroxyl groups is 1. The van der Waals surface area contributed by atoms with Crippen molar-refractivity contribution in [3.05, 3.63) is 78.9 Å². The van der Waals surface area contributed by atoms with Crippen molar-refractivity contribution in [2.75, 3.05) is 44.6 Å². The molecule has 4 rings (SSSR count). The highest BCUT2D eigenvalue weighted by atomic mass is 19.1. The molecule has 8 heteroatoms. The van der Waals surface area contributed by atoms with Crippen LogP contribution in [0.2, 0.25) is 0 Å². The minimum Gasteiger partial charge on any atom is -0.488 e. The van der Waals surface area contributed by atoms with Crippen molar-refractivity contribution in [3.8, 4) is 11.4 Å². The van der Waals surface area contributed by atoms with Crippen LogP contribution in [0.5, 0.6) is 5.75 Å². The number of halogens is 1. The van der Waals surface area contributed by atoms with Gasteiger partial charge in [0.25, 0.3) is 0 Å². The lowest BCUT2D eigenvalue weighted by atomic mass is 10.1. The standard InChI is InChI=1S/C26H31FN4O3/c1-20-16-29(14-15-31(20)17-21(32)19-34-25-11-5-2-8-22(25)27)18-26(33)28-23-9-3-4-10-24(23)30-12-6-7-13-30/h2-13,20-21,32H,14-19H2,1H3,(H,28,33). The third-order valence-corrected chi connectivity index (χ3v) is 5.99. The van der Waals surface area contributed by atoms with E-state index in [1.54, 1.807) is 18.2 Å². The molecule has 1 amide bonds. The van der Waals surface area contributed by atoms with Gasteiger partial charge in [-0.05, 0) is 43.3 Å². The number of amides is 1. The quantitative estimate of drug-likeness (QED) is 0.508. The summed E-state index contributed by atoms with van der Waals surface area (Å²) in [7, 11) is 0. The number of hydrogen-bond donors (Lipinski definition) is 2. The number of carbonyl (C=O) groups excluding carboxylic acids is 1. The monoisotopic (exact) mass is 466 g/mol. The van der Waals surface area contributed by atoms with Crippen molar-refractivity contribution < 1.29 is 19.0 Å². The van der Waals surface area contributed by atoms with E-state index in [2.05, 4.69) is 22.0 Å². The Morgan fingerprint density at radius 3 is 2.62 bits per heavy atom. The molecule has 2 atom stereocenters. The maximum absolute atomic E-state index is 13.7. The first-order chi connectivity index (χ1) is 16.5. The molecule has 0 saturated carbocycles. The number of nitrogens with one attached hydrogen (secondary N) is 1. The lowest BCUT2D eigenvalue weighted by Crippen LogP contribution is -2.55. The van der Waals surface area contributed by atoms with Crippen molar-refractivity contribution in [2.24, 2.45) is 0 Å². The van der Waals surface area contributed by atoms with E-state index in [0.29, 0.717) is 19.6 Å². The highest BCUT2D eigenvalue weighted by Gasteiger charge is 2.26. The molecule has 2 aromatic carbocycles. The summed E-state index contributed by atoms with van der Waals surface area (Å²) in [5.41, 5.74) is 1.69. The molecule has 1 aliphatic rings. The van der Waals surface area contributed by atoms with Gasteiger partial charge in [0.1, 0.15) is 12.7 Å². The number of aromatic nitrogens is 1. The Hall–Kier alpha value is -3.20. The molecule has 7 nitrogen and oxygen atoms in total. The average Bonchev–Trinajstić information content (AvgIpc) is 3.35. The third-order valence-electron chi connectivity index (χ3n) is 5.99. The number of piperazine rings is 1. The molecular weight excluding hydrogens is 435 g/mol. The number of benzene rings is 2. The molecular formula is C26H31FN4O3. The Labute approximate surface area is 199 Å². The Morgan fingerprint density at radius 2 is 1.85 bits per heavy atom. The number of β-amino-alcohol motifs (C(OH)–C–C–N with tert-alkyl or cyclic N) is 1. The number of anilines is 1. The van der Waals surface area contributed by atoms with Gasteiger partial charge in [0.05, 0.1) is 17.9 Å². The van der Waals surface area contributed by atoms with Gasteiger partial charge in [-0.25, -0.2) is 4.39 Å². The predicted molar refractivity (Wildman–Crippen MR) is 130 cm³/mol. The number of hydrogen-bond acceptors (Lipinski definition) is 5. The van der Waals surface area contributed by atoms with E-state index in [-0.39, 0.29) is 24.3 Å². The molecule has 0 aliphatic carbocycles. The Balaban J connectivity index is 1.24. The number of rotatable bonds is 9. The van der Waals surface area contributed by atoms with Crippen molar-refractivity contribution in [1.29, 1.82) is 0 Å². The fourth-order valence-corrected chi connectivity index (χ4v) is 4.25. The van der Waals surface area contributed by atoms with Crippen molar-refractivity contribution >= 4 is 11.6 Å². The maximum Gasteiger partial charge on any atom is 0.238 e. The second-order valence-corrected chi connectivity index (χ2v) is 8.63. The van der Waals surface area contributed by atoms with Crippen LogP contribution in [0, 0.1) is 5.82 Å². The summed E-state index contributed by atoms with van der Waals surface area (Å²) in [6.45, 7) is 5.00. The molecule has 0 spiro atoms. The zero-order chi connectivity index (χ0) is 23.9. The lowest BCUT2D eigenvalue weighted by Gasteiger charge is -2.40. The molecule has 1 aliphatic heterocycles. The van der Waals surface area contributed by atoms with Gasteiger partial charge < -0.3 is 19.7 Å². The van der Waals surface area contributed by atoms with E-state index in [0.717, 1.165) is 24.5 Å². The smallest absolute Gasteiger partial charge is 0.238 e. The number of carbonyl (C=O) groups is 1. The molecule has 34 heavy (non-hydrogen) atoms. The third kappa shape index (κ3) is 6.22. The molecule has 2 N–H and O–H groups in total. The van der Waals surface area contributed by atoms with E-state index in [4.69, 9.17) is 4.74 Å². The van der Waals surface area contributed by atoms with Crippen LogP contribution in [0.3, 0.4) is 0 Å². The van der Waals surface area contributed by atoms with Gasteiger partial charge in [-0.3, -0.25) is 14.6 Å². The van der Waals surface area contributed by atoms with E-state index >= 15 is 0 Å². The van der Waals surface area contributed by atoms with Crippen LogP contribution in [-0.4, -0.2) is 76.9 Å². The van der Waals surface area contributed by atoms with Crippen LogP contribution in [0.1, 0.15) is 6.92 Å².